The summed E-state index contributed by atoms with van der Waals surface area (Å²) >= 11 is 1.42. The van der Waals surface area contributed by atoms with Gasteiger partial charge in [0.15, 0.2) is 10.9 Å². The van der Waals surface area contributed by atoms with Crippen LogP contribution in [0, 0.1) is 0 Å². The Kier molecular flexibility index (Phi) is 6.31. The molecule has 5 nitrogen and oxygen atoms in total. The van der Waals surface area contributed by atoms with Gasteiger partial charge in [-0.3, -0.25) is 9.59 Å². The van der Waals surface area contributed by atoms with E-state index in [0.29, 0.717) is 11.3 Å². The van der Waals surface area contributed by atoms with Crippen molar-refractivity contribution in [3.63, 3.8) is 0 Å². The summed E-state index contributed by atoms with van der Waals surface area (Å²) in [6.45, 7) is 6.19. The minimum absolute atomic E-state index is 0.0306. The maximum atomic E-state index is 12.6. The Bertz CT molecular complexity index is 982. The molecule has 3 rings (SSSR count). The highest BCUT2D eigenvalue weighted by atomic mass is 32.2. The fourth-order valence-electron chi connectivity index (χ4n) is 2.87. The SMILES string of the molecule is CCn1c(-c2ccccc2)cnc1SC(C)C(=O)Nc1cccc(C(C)=O)c1. The van der Waals surface area contributed by atoms with Crippen molar-refractivity contribution >= 4 is 29.1 Å². The zero-order valence-electron chi connectivity index (χ0n) is 16.2. The third-order valence-corrected chi connectivity index (χ3v) is 5.50. The average molecular weight is 394 g/mol. The molecule has 1 aromatic heterocycles. The Labute approximate surface area is 169 Å². The van der Waals surface area contributed by atoms with Crippen LogP contribution in [-0.4, -0.2) is 26.5 Å². The van der Waals surface area contributed by atoms with Crippen LogP contribution in [0.3, 0.4) is 0 Å². The van der Waals surface area contributed by atoms with E-state index in [2.05, 4.69) is 33.9 Å². The van der Waals surface area contributed by atoms with Crippen LogP contribution < -0.4 is 5.32 Å². The van der Waals surface area contributed by atoms with Crippen molar-refractivity contribution < 1.29 is 9.59 Å². The Morgan fingerprint density at radius 1 is 1.14 bits per heavy atom. The number of anilines is 1. The molecule has 1 atom stereocenters. The average Bonchev–Trinajstić information content (AvgIpc) is 3.11. The van der Waals surface area contributed by atoms with Gasteiger partial charge in [0.2, 0.25) is 5.91 Å². The van der Waals surface area contributed by atoms with E-state index in [1.165, 1.54) is 18.7 Å². The number of amides is 1. The van der Waals surface area contributed by atoms with E-state index < -0.39 is 0 Å². The summed E-state index contributed by atoms with van der Waals surface area (Å²) in [5.74, 6) is -0.158. The number of rotatable bonds is 7. The number of hydrogen-bond donors (Lipinski definition) is 1. The predicted octanol–water partition coefficient (Wildman–Crippen LogP) is 4.89. The van der Waals surface area contributed by atoms with E-state index in [0.717, 1.165) is 23.0 Å². The lowest BCUT2D eigenvalue weighted by Gasteiger charge is -2.14. The summed E-state index contributed by atoms with van der Waals surface area (Å²) in [5, 5.41) is 3.36. The van der Waals surface area contributed by atoms with Gasteiger partial charge >= 0.3 is 0 Å². The van der Waals surface area contributed by atoms with Crippen LogP contribution in [0.2, 0.25) is 0 Å². The second-order valence-electron chi connectivity index (χ2n) is 6.42. The van der Waals surface area contributed by atoms with E-state index in [1.807, 2.05) is 31.3 Å². The van der Waals surface area contributed by atoms with Gasteiger partial charge in [-0.2, -0.15) is 0 Å². The lowest BCUT2D eigenvalue weighted by molar-refractivity contribution is -0.115. The first-order valence-electron chi connectivity index (χ1n) is 9.19. The quantitative estimate of drug-likeness (QED) is 0.458. The van der Waals surface area contributed by atoms with Gasteiger partial charge in [0.1, 0.15) is 0 Å². The molecular formula is C22H23N3O2S. The van der Waals surface area contributed by atoms with Crippen LogP contribution in [0.25, 0.3) is 11.3 Å². The highest BCUT2D eigenvalue weighted by Crippen LogP contribution is 2.29. The maximum Gasteiger partial charge on any atom is 0.237 e. The zero-order chi connectivity index (χ0) is 20.1. The third kappa shape index (κ3) is 4.51. The number of ketones is 1. The fraction of sp³-hybridized carbons (Fsp3) is 0.227. The number of carbonyl (C=O) groups excluding carboxylic acids is 2. The summed E-state index contributed by atoms with van der Waals surface area (Å²) in [6.07, 6.45) is 1.85. The molecule has 3 aromatic rings. The van der Waals surface area contributed by atoms with Gasteiger partial charge in [-0.1, -0.05) is 54.2 Å². The predicted molar refractivity (Wildman–Crippen MR) is 114 cm³/mol. The number of imidazole rings is 1. The van der Waals surface area contributed by atoms with E-state index in [9.17, 15) is 9.59 Å². The van der Waals surface area contributed by atoms with Crippen molar-refractivity contribution in [2.75, 3.05) is 5.32 Å². The maximum absolute atomic E-state index is 12.6. The number of thioether (sulfide) groups is 1. The number of hydrogen-bond acceptors (Lipinski definition) is 4. The molecular weight excluding hydrogens is 370 g/mol. The van der Waals surface area contributed by atoms with Crippen LogP contribution in [0.1, 0.15) is 31.1 Å². The second-order valence-corrected chi connectivity index (χ2v) is 7.73. The Morgan fingerprint density at radius 2 is 1.89 bits per heavy atom. The Balaban J connectivity index is 1.73. The topological polar surface area (TPSA) is 64.0 Å². The van der Waals surface area contributed by atoms with Crippen LogP contribution in [-0.2, 0) is 11.3 Å². The van der Waals surface area contributed by atoms with Crippen molar-refractivity contribution in [3.05, 3.63) is 66.4 Å². The standard InChI is InChI=1S/C22H23N3O2S/c1-4-25-20(17-9-6-5-7-10-17)14-23-22(25)28-16(3)21(27)24-19-12-8-11-18(13-19)15(2)26/h5-14,16H,4H2,1-3H3,(H,24,27). The minimum Gasteiger partial charge on any atom is -0.325 e. The van der Waals surface area contributed by atoms with E-state index in [1.54, 1.807) is 24.3 Å². The smallest absolute Gasteiger partial charge is 0.237 e. The highest BCUT2D eigenvalue weighted by molar-refractivity contribution is 8.00. The number of nitrogens with zero attached hydrogens (tertiary/aromatic N) is 2. The van der Waals surface area contributed by atoms with Gasteiger partial charge in [0, 0.05) is 17.8 Å². The lowest BCUT2D eigenvalue weighted by atomic mass is 10.1. The monoisotopic (exact) mass is 393 g/mol. The molecule has 1 amide bonds. The van der Waals surface area contributed by atoms with Crippen LogP contribution in [0.15, 0.2) is 66.0 Å². The minimum atomic E-state index is -0.336. The van der Waals surface area contributed by atoms with Crippen LogP contribution >= 0.6 is 11.8 Å². The molecule has 0 aliphatic rings. The highest BCUT2D eigenvalue weighted by Gasteiger charge is 2.19. The molecule has 1 heterocycles. The Hall–Kier alpha value is -2.86. The normalized spacial score (nSPS) is 11.8. The van der Waals surface area contributed by atoms with Gasteiger partial charge in [-0.05, 0) is 38.5 Å². The van der Waals surface area contributed by atoms with Crippen LogP contribution in [0.4, 0.5) is 5.69 Å². The van der Waals surface area contributed by atoms with Crippen molar-refractivity contribution in [1.82, 2.24) is 9.55 Å². The number of carbonyl (C=O) groups is 2. The largest absolute Gasteiger partial charge is 0.325 e. The van der Waals surface area contributed by atoms with Crippen molar-refractivity contribution in [1.29, 1.82) is 0 Å². The zero-order valence-corrected chi connectivity index (χ0v) is 17.0. The molecule has 0 saturated heterocycles. The number of benzene rings is 2. The molecule has 1 N–H and O–H groups in total. The number of nitrogens with one attached hydrogen (secondary N) is 1. The van der Waals surface area contributed by atoms with Crippen molar-refractivity contribution in [2.24, 2.45) is 0 Å². The molecule has 0 saturated carbocycles. The second kappa shape index (κ2) is 8.89. The molecule has 28 heavy (non-hydrogen) atoms. The lowest BCUT2D eigenvalue weighted by Crippen LogP contribution is -2.23. The molecule has 0 aliphatic carbocycles. The van der Waals surface area contributed by atoms with Gasteiger partial charge < -0.3 is 9.88 Å². The van der Waals surface area contributed by atoms with Crippen molar-refractivity contribution in [3.8, 4) is 11.3 Å². The van der Waals surface area contributed by atoms with Gasteiger partial charge in [0.25, 0.3) is 0 Å². The number of aromatic nitrogens is 2. The molecule has 0 aliphatic heterocycles. The fourth-order valence-corrected chi connectivity index (χ4v) is 3.82. The number of Topliss-reactive ketones (excluding diaryl/α,β-unsaturated/α-hetero) is 1. The third-order valence-electron chi connectivity index (χ3n) is 4.39. The summed E-state index contributed by atoms with van der Waals surface area (Å²) in [4.78, 5) is 28.7. The van der Waals surface area contributed by atoms with E-state index >= 15 is 0 Å². The molecule has 0 bridgehead atoms. The first kappa shape index (κ1) is 19.9. The van der Waals surface area contributed by atoms with Crippen LogP contribution in [0.5, 0.6) is 0 Å². The summed E-state index contributed by atoms with van der Waals surface area (Å²) in [7, 11) is 0. The van der Waals surface area contributed by atoms with Gasteiger partial charge in [0.05, 0.1) is 17.1 Å². The molecule has 0 fully saturated rings. The molecule has 0 spiro atoms. The van der Waals surface area contributed by atoms with Gasteiger partial charge in [-0.15, -0.1) is 0 Å². The van der Waals surface area contributed by atoms with Crippen molar-refractivity contribution in [2.45, 2.75) is 37.7 Å². The summed E-state index contributed by atoms with van der Waals surface area (Å²) in [6, 6.07) is 17.1. The summed E-state index contributed by atoms with van der Waals surface area (Å²) in [5.41, 5.74) is 3.33. The first-order valence-corrected chi connectivity index (χ1v) is 10.1. The van der Waals surface area contributed by atoms with E-state index in [-0.39, 0.29) is 16.9 Å². The molecule has 2 aromatic carbocycles. The molecule has 1 unspecified atom stereocenters. The molecule has 144 valence electrons. The summed E-state index contributed by atoms with van der Waals surface area (Å²) < 4.78 is 2.11. The molecule has 6 heteroatoms. The Morgan fingerprint density at radius 3 is 2.57 bits per heavy atom. The first-order chi connectivity index (χ1) is 13.5. The molecule has 0 radical (unpaired) electrons. The van der Waals surface area contributed by atoms with E-state index in [4.69, 9.17) is 0 Å². The van der Waals surface area contributed by atoms with Gasteiger partial charge in [-0.25, -0.2) is 4.98 Å².